The van der Waals surface area contributed by atoms with Crippen LogP contribution in [0.2, 0.25) is 0 Å². The average Bonchev–Trinajstić information content (AvgIpc) is 2.48. The van der Waals surface area contributed by atoms with Crippen molar-refractivity contribution in [2.45, 2.75) is 12.1 Å². The molecule has 128 valence electrons. The number of nitrogens with one attached hydrogen (secondary N) is 2. The summed E-state index contributed by atoms with van der Waals surface area (Å²) in [7, 11) is 0. The van der Waals surface area contributed by atoms with Gasteiger partial charge in [0, 0.05) is 11.5 Å². The largest absolute Gasteiger partial charge is 2.00 e. The Labute approximate surface area is 160 Å². The molecule has 0 saturated heterocycles. The van der Waals surface area contributed by atoms with Gasteiger partial charge in [-0.15, -0.1) is 0 Å². The number of hydrogen-bond donors (Lipinski definition) is 6. The van der Waals surface area contributed by atoms with Crippen LogP contribution in [0.25, 0.3) is 0 Å². The molecule has 0 rings (SSSR count). The summed E-state index contributed by atoms with van der Waals surface area (Å²) in [5.41, 5.74) is 10.4. The van der Waals surface area contributed by atoms with E-state index in [0.717, 1.165) is 0 Å². The molecule has 13 heteroatoms. The number of carboxylic acids is 2. The number of carboxylic acid groups (broad SMARTS) is 2. The van der Waals surface area contributed by atoms with Crippen LogP contribution >= 0.6 is 25.3 Å². The summed E-state index contributed by atoms with van der Waals surface area (Å²) in [5, 5.41) is 23.8. The van der Waals surface area contributed by atoms with E-state index >= 15 is 0 Å². The maximum absolute atomic E-state index is 10.7. The first kappa shape index (κ1) is 27.1. The topological polar surface area (TPSA) is 190 Å². The molecule has 0 saturated carbocycles. The number of rotatable bonds is 8. The quantitative estimate of drug-likeness (QED) is 0.177. The average molecular weight is 379 g/mol. The van der Waals surface area contributed by atoms with Gasteiger partial charge in [0.2, 0.25) is 11.8 Å². The van der Waals surface area contributed by atoms with Crippen molar-refractivity contribution in [2.24, 2.45) is 11.5 Å². The minimum atomic E-state index is -1.34. The molecule has 2 amide bonds. The van der Waals surface area contributed by atoms with E-state index in [-0.39, 0.29) is 34.6 Å². The number of hydrogen-bond acceptors (Lipinski definition) is 10. The van der Waals surface area contributed by atoms with Crippen molar-refractivity contribution in [2.75, 3.05) is 24.6 Å². The normalized spacial score (nSPS) is 11.7. The molecule has 0 fully saturated rings. The second kappa shape index (κ2) is 16.1. The number of amides is 2. The molecule has 0 unspecified atom stereocenters. The summed E-state index contributed by atoms with van der Waals surface area (Å²) >= 11 is 7.50. The third-order valence-corrected chi connectivity index (χ3v) is 2.67. The Balaban J connectivity index is -0.000000333. The standard InChI is InChI=1S/2C5H10N2O3S.Mg/c2*6-3(2-11)5(10)7-1-4(8)9;/h2*3,11H,1-2,6H2,(H,7,10)(H,8,9);/q;;+2/p-2/t2*3-;/m00./s1. The third kappa shape index (κ3) is 17.5. The Morgan fingerprint density at radius 2 is 1.09 bits per heavy atom. The fourth-order valence-corrected chi connectivity index (χ4v) is 1.08. The summed E-state index contributed by atoms with van der Waals surface area (Å²) < 4.78 is 0. The van der Waals surface area contributed by atoms with Crippen LogP contribution in [0.1, 0.15) is 0 Å². The van der Waals surface area contributed by atoms with Crippen LogP contribution < -0.4 is 32.3 Å². The van der Waals surface area contributed by atoms with Gasteiger partial charge in [-0.3, -0.25) is 9.59 Å². The molecule has 0 bridgehead atoms. The van der Waals surface area contributed by atoms with Crippen LogP contribution in [0.4, 0.5) is 0 Å². The van der Waals surface area contributed by atoms with Crippen molar-refractivity contribution in [1.82, 2.24) is 10.6 Å². The molecule has 6 N–H and O–H groups in total. The van der Waals surface area contributed by atoms with Crippen molar-refractivity contribution in [3.63, 3.8) is 0 Å². The Kier molecular flexibility index (Phi) is 19.0. The number of aliphatic carboxylic acids is 2. The molecule has 0 aliphatic heterocycles. The molecule has 0 aliphatic carbocycles. The van der Waals surface area contributed by atoms with Crippen LogP contribution in [0.15, 0.2) is 0 Å². The molecule has 2 atom stereocenters. The molecular weight excluding hydrogens is 361 g/mol. The molecule has 0 spiro atoms. The van der Waals surface area contributed by atoms with Crippen LogP contribution in [-0.4, -0.2) is 83.5 Å². The van der Waals surface area contributed by atoms with Crippen LogP contribution in [0.3, 0.4) is 0 Å². The molecule has 23 heavy (non-hydrogen) atoms. The van der Waals surface area contributed by atoms with Crippen LogP contribution in [-0.2, 0) is 19.2 Å². The van der Waals surface area contributed by atoms with Gasteiger partial charge in [0.05, 0.1) is 37.1 Å². The Morgan fingerprint density at radius 1 is 0.826 bits per heavy atom. The van der Waals surface area contributed by atoms with Gasteiger partial charge >= 0.3 is 23.1 Å². The predicted octanol–water partition coefficient (Wildman–Crippen LogP) is -6.16. The van der Waals surface area contributed by atoms with Gasteiger partial charge in [0.25, 0.3) is 0 Å². The number of carbonyl (C=O) groups excluding carboxylic acids is 4. The molecule has 0 heterocycles. The van der Waals surface area contributed by atoms with Crippen molar-refractivity contribution >= 4 is 72.1 Å². The summed E-state index contributed by atoms with van der Waals surface area (Å²) in [6.07, 6.45) is 0. The summed E-state index contributed by atoms with van der Waals surface area (Å²) in [6, 6.07) is -1.53. The van der Waals surface area contributed by atoms with E-state index in [0.29, 0.717) is 0 Å². The monoisotopic (exact) mass is 378 g/mol. The van der Waals surface area contributed by atoms with Crippen molar-refractivity contribution in [3.8, 4) is 0 Å². The number of carbonyl (C=O) groups is 4. The summed E-state index contributed by atoms with van der Waals surface area (Å²) in [4.78, 5) is 41.1. The number of thiol groups is 2. The molecule has 0 aromatic heterocycles. The smallest absolute Gasteiger partial charge is 0.548 e. The first-order chi connectivity index (χ1) is 10.1. The van der Waals surface area contributed by atoms with Gasteiger partial charge in [0.1, 0.15) is 0 Å². The first-order valence-electron chi connectivity index (χ1n) is 5.83. The molecular formula is C10H18MgN4O6S2. The van der Waals surface area contributed by atoms with Gasteiger partial charge in [-0.25, -0.2) is 0 Å². The third-order valence-electron chi connectivity index (χ3n) is 1.88. The minimum Gasteiger partial charge on any atom is -0.548 e. The fraction of sp³-hybridized carbons (Fsp3) is 0.600. The van der Waals surface area contributed by atoms with E-state index < -0.39 is 48.9 Å². The van der Waals surface area contributed by atoms with Crippen molar-refractivity contribution in [3.05, 3.63) is 0 Å². The molecule has 0 aromatic rings. The zero-order valence-corrected chi connectivity index (χ0v) is 15.4. The summed E-state index contributed by atoms with van der Waals surface area (Å²) in [6.45, 7) is -1.03. The SMILES string of the molecule is N[C@@H](CS)C(=O)NCC(=O)[O-].N[C@@H](CS)C(=O)NCC(=O)[O-].[Mg+2]. The molecule has 10 nitrogen and oxygen atoms in total. The molecule has 0 aliphatic rings. The second-order valence-corrected chi connectivity index (χ2v) is 4.49. The fourth-order valence-electron chi connectivity index (χ4n) is 0.747. The Hall–Kier alpha value is -0.734. The zero-order valence-electron chi connectivity index (χ0n) is 12.2. The van der Waals surface area contributed by atoms with Gasteiger partial charge in [-0.2, -0.15) is 25.3 Å². The minimum absolute atomic E-state index is 0. The van der Waals surface area contributed by atoms with Gasteiger partial charge < -0.3 is 41.9 Å². The van der Waals surface area contributed by atoms with E-state index in [1.165, 1.54) is 0 Å². The van der Waals surface area contributed by atoms with Crippen molar-refractivity contribution < 1.29 is 29.4 Å². The second-order valence-electron chi connectivity index (χ2n) is 3.76. The van der Waals surface area contributed by atoms with Gasteiger partial charge in [-0.05, 0) is 0 Å². The van der Waals surface area contributed by atoms with E-state index in [1.807, 2.05) is 0 Å². The number of nitrogens with two attached hydrogens (primary N) is 2. The van der Waals surface area contributed by atoms with E-state index in [2.05, 4.69) is 35.9 Å². The Bertz CT molecular complexity index is 366. The first-order valence-corrected chi connectivity index (χ1v) is 7.10. The molecule has 0 radical (unpaired) electrons. The van der Waals surface area contributed by atoms with E-state index in [4.69, 9.17) is 11.5 Å². The van der Waals surface area contributed by atoms with E-state index in [9.17, 15) is 29.4 Å². The maximum atomic E-state index is 10.7. The van der Waals surface area contributed by atoms with Crippen LogP contribution in [0, 0.1) is 0 Å². The molecule has 0 aromatic carbocycles. The van der Waals surface area contributed by atoms with E-state index in [1.54, 1.807) is 0 Å². The van der Waals surface area contributed by atoms with Crippen LogP contribution in [0.5, 0.6) is 0 Å². The maximum Gasteiger partial charge on any atom is 2.00 e. The van der Waals surface area contributed by atoms with Gasteiger partial charge in [-0.1, -0.05) is 0 Å². The predicted molar refractivity (Wildman–Crippen MR) is 85.4 cm³/mol. The van der Waals surface area contributed by atoms with Gasteiger partial charge in [0.15, 0.2) is 0 Å². The zero-order chi connectivity index (χ0) is 17.7. The summed E-state index contributed by atoms with van der Waals surface area (Å²) in [5.74, 6) is -3.40. The Morgan fingerprint density at radius 3 is 1.26 bits per heavy atom. The van der Waals surface area contributed by atoms with Crippen molar-refractivity contribution in [1.29, 1.82) is 0 Å².